The van der Waals surface area contributed by atoms with E-state index in [4.69, 9.17) is 46.4 Å². The summed E-state index contributed by atoms with van der Waals surface area (Å²) >= 11 is 28.6. The van der Waals surface area contributed by atoms with Crippen LogP contribution in [0.2, 0.25) is 10.0 Å². The van der Waals surface area contributed by atoms with Crippen LogP contribution in [-0.2, 0) is 11.2 Å². The van der Waals surface area contributed by atoms with Gasteiger partial charge >= 0.3 is 0 Å². The first-order valence-corrected chi connectivity index (χ1v) is 12.5. The summed E-state index contributed by atoms with van der Waals surface area (Å²) in [6, 6.07) is 15.2. The highest BCUT2D eigenvalue weighted by Crippen LogP contribution is 2.65. The maximum atomic E-state index is 13.4. The minimum absolute atomic E-state index is 0.0623. The first kappa shape index (κ1) is 25.9. The number of anilines is 1. The molecule has 0 aromatic heterocycles. The molecule has 0 radical (unpaired) electrons. The van der Waals surface area contributed by atoms with Crippen LogP contribution in [0.3, 0.4) is 0 Å². The van der Waals surface area contributed by atoms with Crippen LogP contribution in [0.15, 0.2) is 59.1 Å². The van der Waals surface area contributed by atoms with Crippen LogP contribution in [-0.4, -0.2) is 16.0 Å². The third kappa shape index (κ3) is 5.35. The van der Waals surface area contributed by atoms with Gasteiger partial charge in [-0.05, 0) is 69.5 Å². The molecular formula is C25H14BrCl4FN2O2. The number of hydrogen-bond donors (Lipinski definition) is 1. The lowest BCUT2D eigenvalue weighted by Gasteiger charge is -2.10. The van der Waals surface area contributed by atoms with E-state index in [-0.39, 0.29) is 22.6 Å². The number of carbonyl (C=O) groups is 2. The van der Waals surface area contributed by atoms with E-state index >= 15 is 0 Å². The molecule has 0 spiro atoms. The van der Waals surface area contributed by atoms with Crippen LogP contribution in [0.1, 0.15) is 33.0 Å². The van der Waals surface area contributed by atoms with Crippen molar-refractivity contribution in [1.29, 1.82) is 5.26 Å². The topological polar surface area (TPSA) is 70.0 Å². The molecule has 2 atom stereocenters. The van der Waals surface area contributed by atoms with Crippen LogP contribution in [0.5, 0.6) is 0 Å². The normalized spacial score (nSPS) is 18.0. The number of carbonyl (C=O) groups excluding carboxylic acids is 2. The number of nitrogens with one attached hydrogen (secondary N) is 1. The quantitative estimate of drug-likeness (QED) is 0.228. The Morgan fingerprint density at radius 3 is 2.49 bits per heavy atom. The fourth-order valence-electron chi connectivity index (χ4n) is 3.89. The van der Waals surface area contributed by atoms with Gasteiger partial charge in [0.25, 0.3) is 0 Å². The van der Waals surface area contributed by atoms with Gasteiger partial charge in [0.2, 0.25) is 5.91 Å². The van der Waals surface area contributed by atoms with E-state index in [1.165, 1.54) is 24.3 Å². The lowest BCUT2D eigenvalue weighted by atomic mass is 9.98. The SMILES string of the molecule is N#Cc1cc(F)ccc1CC(=O)c1cc(NC(=O)C2C(c3ccc(Br)c(Cl)c3)C2(Cl)Cl)ccc1Cl. The Balaban J connectivity index is 1.52. The second-order valence-corrected chi connectivity index (χ2v) is 11.1. The minimum Gasteiger partial charge on any atom is -0.326 e. The third-order valence-electron chi connectivity index (χ3n) is 5.72. The molecule has 178 valence electrons. The van der Waals surface area contributed by atoms with Crippen molar-refractivity contribution >= 4 is 79.7 Å². The van der Waals surface area contributed by atoms with Crippen LogP contribution in [0.25, 0.3) is 0 Å². The maximum Gasteiger partial charge on any atom is 0.231 e. The fraction of sp³-hybridized carbons (Fsp3) is 0.160. The molecule has 1 aliphatic rings. The van der Waals surface area contributed by atoms with Crippen molar-refractivity contribution in [3.63, 3.8) is 0 Å². The first-order chi connectivity index (χ1) is 16.5. The van der Waals surface area contributed by atoms with Crippen LogP contribution in [0, 0.1) is 23.1 Å². The number of benzene rings is 3. The first-order valence-electron chi connectivity index (χ1n) is 10.2. The lowest BCUT2D eigenvalue weighted by molar-refractivity contribution is -0.117. The second-order valence-electron chi connectivity index (χ2n) is 8.00. The Kier molecular flexibility index (Phi) is 7.47. The Labute approximate surface area is 229 Å². The Morgan fingerprint density at radius 1 is 1.06 bits per heavy atom. The van der Waals surface area contributed by atoms with Gasteiger partial charge < -0.3 is 5.32 Å². The van der Waals surface area contributed by atoms with Gasteiger partial charge in [-0.1, -0.05) is 35.3 Å². The molecule has 3 aromatic rings. The van der Waals surface area contributed by atoms with Gasteiger partial charge in [0, 0.05) is 28.1 Å². The van der Waals surface area contributed by atoms with Crippen molar-refractivity contribution in [2.45, 2.75) is 16.7 Å². The monoisotopic (exact) mass is 612 g/mol. The number of nitriles is 1. The number of rotatable bonds is 6. The molecule has 2 unspecified atom stereocenters. The molecule has 1 aliphatic carbocycles. The van der Waals surface area contributed by atoms with E-state index in [1.54, 1.807) is 24.3 Å². The number of alkyl halides is 2. The molecule has 1 N–H and O–H groups in total. The number of hydrogen-bond acceptors (Lipinski definition) is 3. The molecule has 1 saturated carbocycles. The molecular weight excluding hydrogens is 601 g/mol. The number of Topliss-reactive ketones (excluding diaryl/α,β-unsaturated/α-hetero) is 1. The van der Waals surface area contributed by atoms with Crippen LogP contribution < -0.4 is 5.32 Å². The van der Waals surface area contributed by atoms with Crippen molar-refractivity contribution < 1.29 is 14.0 Å². The molecule has 0 saturated heterocycles. The van der Waals surface area contributed by atoms with Gasteiger partial charge in [0.1, 0.15) is 10.2 Å². The van der Waals surface area contributed by atoms with Gasteiger partial charge in [0.05, 0.1) is 27.6 Å². The molecule has 0 bridgehead atoms. The third-order valence-corrected chi connectivity index (χ3v) is 8.22. The Bertz CT molecular complexity index is 1410. The molecule has 35 heavy (non-hydrogen) atoms. The molecule has 4 nitrogen and oxygen atoms in total. The zero-order chi connectivity index (χ0) is 25.5. The molecule has 4 rings (SSSR count). The number of halogens is 6. The minimum atomic E-state index is -1.32. The summed E-state index contributed by atoms with van der Waals surface area (Å²) < 4.78 is 12.8. The summed E-state index contributed by atoms with van der Waals surface area (Å²) in [7, 11) is 0. The van der Waals surface area contributed by atoms with E-state index in [2.05, 4.69) is 21.2 Å². The summed E-state index contributed by atoms with van der Waals surface area (Å²) in [4.78, 5) is 25.9. The fourth-order valence-corrected chi connectivity index (χ4v) is 5.37. The van der Waals surface area contributed by atoms with Crippen molar-refractivity contribution in [2.75, 3.05) is 5.32 Å². The van der Waals surface area contributed by atoms with E-state index in [1.807, 2.05) is 6.07 Å². The highest BCUT2D eigenvalue weighted by molar-refractivity contribution is 9.10. The molecule has 10 heteroatoms. The average Bonchev–Trinajstić information content (AvgIpc) is 3.39. The largest absolute Gasteiger partial charge is 0.326 e. The summed E-state index contributed by atoms with van der Waals surface area (Å²) in [5.41, 5.74) is 1.63. The van der Waals surface area contributed by atoms with Crippen LogP contribution in [0.4, 0.5) is 10.1 Å². The highest BCUT2D eigenvalue weighted by atomic mass is 79.9. The van der Waals surface area contributed by atoms with Gasteiger partial charge in [-0.2, -0.15) is 5.26 Å². The van der Waals surface area contributed by atoms with E-state index in [0.29, 0.717) is 20.7 Å². The van der Waals surface area contributed by atoms with E-state index in [0.717, 1.165) is 11.6 Å². The molecule has 0 heterocycles. The van der Waals surface area contributed by atoms with Gasteiger partial charge in [-0.15, -0.1) is 23.2 Å². The van der Waals surface area contributed by atoms with E-state index in [9.17, 15) is 19.2 Å². The number of nitrogens with zero attached hydrogens (tertiary/aromatic N) is 1. The van der Waals surface area contributed by atoms with Gasteiger partial charge in [-0.3, -0.25) is 9.59 Å². The Hall–Kier alpha value is -2.14. The number of amides is 1. The lowest BCUT2D eigenvalue weighted by Crippen LogP contribution is -2.17. The zero-order valence-electron chi connectivity index (χ0n) is 17.6. The zero-order valence-corrected chi connectivity index (χ0v) is 22.2. The predicted octanol–water partition coefficient (Wildman–Crippen LogP) is 7.72. The van der Waals surface area contributed by atoms with Crippen molar-refractivity contribution in [1.82, 2.24) is 0 Å². The number of ketones is 1. The predicted molar refractivity (Wildman–Crippen MR) is 139 cm³/mol. The Morgan fingerprint density at radius 2 is 1.80 bits per heavy atom. The molecule has 3 aromatic carbocycles. The van der Waals surface area contributed by atoms with Crippen molar-refractivity contribution in [3.8, 4) is 6.07 Å². The second kappa shape index (κ2) is 10.1. The highest BCUT2D eigenvalue weighted by Gasteiger charge is 2.67. The summed E-state index contributed by atoms with van der Waals surface area (Å²) in [5, 5.41) is 12.6. The van der Waals surface area contributed by atoms with E-state index < -0.39 is 33.7 Å². The summed E-state index contributed by atoms with van der Waals surface area (Å²) in [6.45, 7) is 0. The smallest absolute Gasteiger partial charge is 0.231 e. The molecule has 0 aliphatic heterocycles. The molecule has 1 amide bonds. The van der Waals surface area contributed by atoms with Crippen molar-refractivity contribution in [3.05, 3.63) is 97.2 Å². The van der Waals surface area contributed by atoms with Crippen LogP contribution >= 0.6 is 62.3 Å². The summed E-state index contributed by atoms with van der Waals surface area (Å²) in [6.07, 6.45) is -0.165. The standard InChI is InChI=1S/C25H14BrCl4FN2O2/c26-18-5-2-13(8-20(18)28)22-23(25(22,29)30)24(35)33-16-4-6-19(27)17(10-16)21(34)9-12-1-3-15(31)7-14(12)11-32/h1-8,10,22-23H,9H2,(H,33,35). The van der Waals surface area contributed by atoms with Crippen molar-refractivity contribution in [2.24, 2.45) is 5.92 Å². The van der Waals surface area contributed by atoms with Gasteiger partial charge in [0.15, 0.2) is 5.78 Å². The van der Waals surface area contributed by atoms with Gasteiger partial charge in [-0.25, -0.2) is 4.39 Å². The average molecular weight is 615 g/mol. The molecule has 1 fully saturated rings. The summed E-state index contributed by atoms with van der Waals surface area (Å²) in [5.74, 6) is -2.60. The maximum absolute atomic E-state index is 13.4.